The summed E-state index contributed by atoms with van der Waals surface area (Å²) in [5.41, 5.74) is 2.34. The van der Waals surface area contributed by atoms with Crippen molar-refractivity contribution in [2.24, 2.45) is 0 Å². The van der Waals surface area contributed by atoms with Crippen LogP contribution in [-0.2, 0) is 6.18 Å². The molecule has 0 aliphatic carbocycles. The molecule has 0 bridgehead atoms. The summed E-state index contributed by atoms with van der Waals surface area (Å²) in [4.78, 5) is 3.96. The zero-order valence-corrected chi connectivity index (χ0v) is 11.0. The molecule has 106 valence electrons. The van der Waals surface area contributed by atoms with Gasteiger partial charge in [0.2, 0.25) is 0 Å². The van der Waals surface area contributed by atoms with E-state index in [9.17, 15) is 13.2 Å². The maximum Gasteiger partial charge on any atom is 0.416 e. The third-order valence-electron chi connectivity index (χ3n) is 3.52. The molecule has 1 saturated heterocycles. The number of alkyl halides is 3. The highest BCUT2D eigenvalue weighted by molar-refractivity contribution is 5.37. The van der Waals surface area contributed by atoms with E-state index in [1.54, 1.807) is 0 Å². The van der Waals surface area contributed by atoms with E-state index in [2.05, 4.69) is 24.3 Å². The highest BCUT2D eigenvalue weighted by atomic mass is 19.4. The van der Waals surface area contributed by atoms with Gasteiger partial charge in [0.1, 0.15) is 5.82 Å². The number of aromatic nitrogens is 1. The number of hydrazine groups is 1. The van der Waals surface area contributed by atoms with Gasteiger partial charge in [-0.05, 0) is 38.8 Å². The smallest absolute Gasteiger partial charge is 0.303 e. The van der Waals surface area contributed by atoms with Crippen molar-refractivity contribution in [3.05, 3.63) is 23.9 Å². The first-order valence-corrected chi connectivity index (χ1v) is 6.46. The number of nitrogens with zero attached hydrogens (tertiary/aromatic N) is 2. The molecular weight excluding hydrogens is 255 g/mol. The van der Waals surface area contributed by atoms with Crippen molar-refractivity contribution in [1.29, 1.82) is 0 Å². The first-order chi connectivity index (χ1) is 8.88. The van der Waals surface area contributed by atoms with Crippen LogP contribution in [0.25, 0.3) is 0 Å². The van der Waals surface area contributed by atoms with Gasteiger partial charge in [-0.15, -0.1) is 0 Å². The minimum atomic E-state index is -4.33. The first-order valence-electron chi connectivity index (χ1n) is 6.46. The molecule has 2 heterocycles. The Kier molecular flexibility index (Phi) is 3.99. The fraction of sp³-hybridized carbons (Fsp3) is 0.615. The zero-order chi connectivity index (χ0) is 14.0. The minimum Gasteiger partial charge on any atom is -0.303 e. The Balaban J connectivity index is 2.14. The lowest BCUT2D eigenvalue weighted by Crippen LogP contribution is -2.47. The maximum absolute atomic E-state index is 12.6. The molecule has 2 unspecified atom stereocenters. The third kappa shape index (κ3) is 3.37. The van der Waals surface area contributed by atoms with Gasteiger partial charge in [0.05, 0.1) is 5.56 Å². The lowest BCUT2D eigenvalue weighted by atomic mass is 10.00. The standard InChI is InChI=1S/C13H18F3N3/c1-9-4-3-5-10(2)19(9)18-12-8-11(6-7-17-12)13(14,15)16/h6-10H,3-5H2,1-2H3,(H,17,18). The largest absolute Gasteiger partial charge is 0.416 e. The maximum atomic E-state index is 12.6. The van der Waals surface area contributed by atoms with Crippen molar-refractivity contribution in [3.8, 4) is 0 Å². The van der Waals surface area contributed by atoms with Gasteiger partial charge < -0.3 is 5.43 Å². The molecule has 1 aromatic rings. The second-order valence-corrected chi connectivity index (χ2v) is 5.08. The van der Waals surface area contributed by atoms with E-state index < -0.39 is 11.7 Å². The molecule has 1 aliphatic rings. The van der Waals surface area contributed by atoms with Crippen LogP contribution in [0.2, 0.25) is 0 Å². The van der Waals surface area contributed by atoms with Gasteiger partial charge in [-0.2, -0.15) is 13.2 Å². The van der Waals surface area contributed by atoms with Gasteiger partial charge >= 0.3 is 6.18 Å². The lowest BCUT2D eigenvalue weighted by molar-refractivity contribution is -0.137. The van der Waals surface area contributed by atoms with Crippen molar-refractivity contribution in [3.63, 3.8) is 0 Å². The van der Waals surface area contributed by atoms with Gasteiger partial charge in [-0.1, -0.05) is 6.42 Å². The summed E-state index contributed by atoms with van der Waals surface area (Å²) in [6.07, 6.45) is 0.0755. The Hall–Kier alpha value is -1.30. The number of piperidine rings is 1. The van der Waals surface area contributed by atoms with Crippen LogP contribution >= 0.6 is 0 Å². The third-order valence-corrected chi connectivity index (χ3v) is 3.52. The van der Waals surface area contributed by atoms with Crippen LogP contribution in [0.5, 0.6) is 0 Å². The Morgan fingerprint density at radius 2 is 1.89 bits per heavy atom. The van der Waals surface area contributed by atoms with Crippen LogP contribution in [0.1, 0.15) is 38.7 Å². The second kappa shape index (κ2) is 5.36. The quantitative estimate of drug-likeness (QED) is 0.890. The number of nitrogens with one attached hydrogen (secondary N) is 1. The van der Waals surface area contributed by atoms with Gasteiger partial charge in [-0.25, -0.2) is 9.99 Å². The molecule has 0 spiro atoms. The van der Waals surface area contributed by atoms with E-state index in [-0.39, 0.29) is 5.82 Å². The molecule has 1 N–H and O–H groups in total. The summed E-state index contributed by atoms with van der Waals surface area (Å²) in [6, 6.07) is 2.61. The second-order valence-electron chi connectivity index (χ2n) is 5.08. The zero-order valence-electron chi connectivity index (χ0n) is 11.0. The molecule has 2 rings (SSSR count). The molecule has 0 aromatic carbocycles. The Labute approximate surface area is 110 Å². The summed E-state index contributed by atoms with van der Waals surface area (Å²) in [6.45, 7) is 4.13. The van der Waals surface area contributed by atoms with Crippen LogP contribution in [0.15, 0.2) is 18.3 Å². The van der Waals surface area contributed by atoms with E-state index in [0.717, 1.165) is 31.4 Å². The summed E-state index contributed by atoms with van der Waals surface area (Å²) < 4.78 is 37.9. The van der Waals surface area contributed by atoms with Crippen LogP contribution in [0, 0.1) is 0 Å². The molecule has 0 radical (unpaired) electrons. The molecular formula is C13H18F3N3. The molecule has 1 aliphatic heterocycles. The van der Waals surface area contributed by atoms with Crippen molar-refractivity contribution in [2.45, 2.75) is 51.4 Å². The number of hydrogen-bond donors (Lipinski definition) is 1. The fourth-order valence-corrected chi connectivity index (χ4v) is 2.44. The van der Waals surface area contributed by atoms with E-state index in [4.69, 9.17) is 0 Å². The van der Waals surface area contributed by atoms with Crippen LogP contribution in [0.4, 0.5) is 19.0 Å². The van der Waals surface area contributed by atoms with E-state index in [1.807, 2.05) is 5.01 Å². The number of anilines is 1. The summed E-state index contributed by atoms with van der Waals surface area (Å²) in [7, 11) is 0. The first kappa shape index (κ1) is 14.1. The Morgan fingerprint density at radius 3 is 2.47 bits per heavy atom. The SMILES string of the molecule is CC1CCCC(C)N1Nc1cc(C(F)(F)F)ccn1. The van der Waals surface area contributed by atoms with Crippen molar-refractivity contribution < 1.29 is 13.2 Å². The Bertz CT molecular complexity index is 423. The average molecular weight is 273 g/mol. The van der Waals surface area contributed by atoms with Crippen LogP contribution < -0.4 is 5.43 Å². The van der Waals surface area contributed by atoms with Gasteiger partial charge in [0.15, 0.2) is 0 Å². The predicted molar refractivity (Wildman–Crippen MR) is 67.5 cm³/mol. The molecule has 0 saturated carbocycles. The molecule has 1 aromatic heterocycles. The fourth-order valence-electron chi connectivity index (χ4n) is 2.44. The van der Waals surface area contributed by atoms with E-state index >= 15 is 0 Å². The van der Waals surface area contributed by atoms with E-state index in [1.165, 1.54) is 6.20 Å². The number of rotatable bonds is 2. The minimum absolute atomic E-state index is 0.246. The number of hydrogen-bond acceptors (Lipinski definition) is 3. The number of pyridine rings is 1. The van der Waals surface area contributed by atoms with E-state index in [0.29, 0.717) is 12.1 Å². The molecule has 19 heavy (non-hydrogen) atoms. The van der Waals surface area contributed by atoms with Crippen molar-refractivity contribution >= 4 is 5.82 Å². The lowest BCUT2D eigenvalue weighted by Gasteiger charge is -2.39. The normalized spacial score (nSPS) is 25.3. The van der Waals surface area contributed by atoms with Crippen LogP contribution in [-0.4, -0.2) is 22.1 Å². The molecule has 2 atom stereocenters. The molecule has 0 amide bonds. The summed E-state index contributed by atoms with van der Waals surface area (Å²) in [5.74, 6) is 0.246. The van der Waals surface area contributed by atoms with Crippen molar-refractivity contribution in [1.82, 2.24) is 9.99 Å². The topological polar surface area (TPSA) is 28.2 Å². The number of halogens is 3. The molecule has 3 nitrogen and oxygen atoms in total. The van der Waals surface area contributed by atoms with Crippen LogP contribution in [0.3, 0.4) is 0 Å². The van der Waals surface area contributed by atoms with Crippen molar-refractivity contribution in [2.75, 3.05) is 5.43 Å². The highest BCUT2D eigenvalue weighted by Crippen LogP contribution is 2.30. The summed E-state index contributed by atoms with van der Waals surface area (Å²) >= 11 is 0. The molecule has 1 fully saturated rings. The highest BCUT2D eigenvalue weighted by Gasteiger charge is 2.31. The van der Waals surface area contributed by atoms with Gasteiger partial charge in [0.25, 0.3) is 0 Å². The summed E-state index contributed by atoms with van der Waals surface area (Å²) in [5, 5.41) is 1.99. The molecule has 6 heteroatoms. The monoisotopic (exact) mass is 273 g/mol. The van der Waals surface area contributed by atoms with Gasteiger partial charge in [-0.3, -0.25) is 0 Å². The Morgan fingerprint density at radius 1 is 1.26 bits per heavy atom. The van der Waals surface area contributed by atoms with Gasteiger partial charge in [0, 0.05) is 18.3 Å². The average Bonchev–Trinajstić information content (AvgIpc) is 2.33. The predicted octanol–water partition coefficient (Wildman–Crippen LogP) is 3.69.